The Bertz CT molecular complexity index is 1300. The molecule has 0 saturated carbocycles. The molecule has 10 heteroatoms. The number of thiazole rings is 1. The molecule has 32 heavy (non-hydrogen) atoms. The van der Waals surface area contributed by atoms with Crippen molar-refractivity contribution in [2.75, 3.05) is 26.8 Å². The normalized spacial score (nSPS) is 13.2. The van der Waals surface area contributed by atoms with Crippen molar-refractivity contribution in [3.8, 4) is 23.1 Å². The number of carbonyl (C=O) groups excluding carboxylic acids is 1. The molecule has 0 spiro atoms. The molecule has 3 aromatic rings. The molecule has 2 heterocycles. The maximum atomic E-state index is 12.9. The minimum absolute atomic E-state index is 0.175. The number of hydrogen-bond donors (Lipinski definition) is 2. The minimum atomic E-state index is -0.513. The van der Waals surface area contributed by atoms with Crippen molar-refractivity contribution in [2.24, 2.45) is 4.99 Å². The molecule has 0 saturated heterocycles. The average molecular weight is 470 g/mol. The van der Waals surface area contributed by atoms with E-state index in [2.05, 4.69) is 10.4 Å². The summed E-state index contributed by atoms with van der Waals surface area (Å²) >= 11 is 6.53. The molecule has 1 amide bonds. The number of aromatic nitrogens is 1. The Morgan fingerprint density at radius 2 is 1.84 bits per heavy atom. The molecule has 0 atom stereocenters. The molecule has 0 bridgehead atoms. The minimum Gasteiger partial charge on any atom is -0.493 e. The summed E-state index contributed by atoms with van der Waals surface area (Å²) in [6.07, 6.45) is 3.51. The van der Waals surface area contributed by atoms with Crippen LogP contribution in [0.1, 0.15) is 20.8 Å². The molecule has 2 aromatic carbocycles. The third-order valence-electron chi connectivity index (χ3n) is 4.80. The van der Waals surface area contributed by atoms with Crippen LogP contribution in [-0.4, -0.2) is 43.2 Å². The van der Waals surface area contributed by atoms with Crippen LogP contribution in [0.4, 0.5) is 5.69 Å². The van der Waals surface area contributed by atoms with Crippen LogP contribution < -0.4 is 19.6 Å². The summed E-state index contributed by atoms with van der Waals surface area (Å²) in [4.78, 5) is 17.8. The second-order valence-electron chi connectivity index (χ2n) is 6.62. The third kappa shape index (κ3) is 3.85. The summed E-state index contributed by atoms with van der Waals surface area (Å²) in [6.45, 7) is 0. The first-order valence-corrected chi connectivity index (χ1v) is 10.6. The Kier molecular flexibility index (Phi) is 5.97. The van der Waals surface area contributed by atoms with Crippen molar-refractivity contribution in [3.63, 3.8) is 0 Å². The van der Waals surface area contributed by atoms with E-state index in [1.54, 1.807) is 12.3 Å². The van der Waals surface area contributed by atoms with Gasteiger partial charge in [-0.25, -0.2) is 0 Å². The summed E-state index contributed by atoms with van der Waals surface area (Å²) in [5.41, 5.74) is 5.52. The van der Waals surface area contributed by atoms with Crippen LogP contribution in [0.2, 0.25) is 0 Å². The van der Waals surface area contributed by atoms with Gasteiger partial charge < -0.3 is 19.3 Å². The van der Waals surface area contributed by atoms with Crippen LogP contribution >= 0.6 is 23.6 Å². The highest BCUT2D eigenvalue weighted by atomic mass is 32.1. The Morgan fingerprint density at radius 3 is 2.50 bits per heavy atom. The third-order valence-corrected chi connectivity index (χ3v) is 6.11. The lowest BCUT2D eigenvalue weighted by Crippen LogP contribution is -2.22. The summed E-state index contributed by atoms with van der Waals surface area (Å²) in [5.74, 6) is 0.347. The SMILES string of the molecule is COc1cc(C(=O)Nn2c(O)c(/C=C3/C=Nc4ccccc43)sc2=S)cc(OC)c1OC. The first-order valence-electron chi connectivity index (χ1n) is 9.38. The van der Waals surface area contributed by atoms with E-state index in [1.165, 1.54) is 44.8 Å². The first kappa shape index (κ1) is 21.6. The van der Waals surface area contributed by atoms with E-state index in [0.29, 0.717) is 22.1 Å². The molecule has 1 aliphatic rings. The van der Waals surface area contributed by atoms with Crippen molar-refractivity contribution in [1.29, 1.82) is 0 Å². The average Bonchev–Trinajstić information content (AvgIpc) is 3.34. The summed E-state index contributed by atoms with van der Waals surface area (Å²) in [5, 5.41) is 10.7. The number of fused-ring (bicyclic) bond motifs is 1. The fourth-order valence-corrected chi connectivity index (χ4v) is 4.43. The number of para-hydroxylation sites is 1. The lowest BCUT2D eigenvalue weighted by atomic mass is 10.1. The van der Waals surface area contributed by atoms with Crippen LogP contribution in [-0.2, 0) is 0 Å². The molecule has 0 unspecified atom stereocenters. The second-order valence-corrected chi connectivity index (χ2v) is 8.30. The van der Waals surface area contributed by atoms with E-state index < -0.39 is 5.91 Å². The number of aliphatic imine (C=N–C) groups is 1. The zero-order chi connectivity index (χ0) is 22.8. The molecule has 8 nitrogen and oxygen atoms in total. The van der Waals surface area contributed by atoms with Gasteiger partial charge in [-0.2, -0.15) is 4.68 Å². The molecular weight excluding hydrogens is 450 g/mol. The lowest BCUT2D eigenvalue weighted by Gasteiger charge is -2.14. The number of rotatable bonds is 6. The van der Waals surface area contributed by atoms with Gasteiger partial charge in [0.25, 0.3) is 5.91 Å². The van der Waals surface area contributed by atoms with Gasteiger partial charge in [0.2, 0.25) is 11.6 Å². The van der Waals surface area contributed by atoms with Gasteiger partial charge in [-0.05, 0) is 36.5 Å². The smallest absolute Gasteiger partial charge is 0.270 e. The highest BCUT2D eigenvalue weighted by Gasteiger charge is 2.20. The van der Waals surface area contributed by atoms with Crippen molar-refractivity contribution >= 4 is 53.0 Å². The van der Waals surface area contributed by atoms with Crippen molar-refractivity contribution in [2.45, 2.75) is 0 Å². The van der Waals surface area contributed by atoms with E-state index in [1.807, 2.05) is 24.3 Å². The lowest BCUT2D eigenvalue weighted by molar-refractivity contribution is 0.100. The zero-order valence-corrected chi connectivity index (χ0v) is 19.0. The Hall–Kier alpha value is -3.63. The molecule has 2 N–H and O–H groups in total. The van der Waals surface area contributed by atoms with E-state index in [-0.39, 0.29) is 15.4 Å². The standard InChI is InChI=1S/C22H19N3O5S2/c1-28-16-8-12(9-17(29-2)19(16)30-3)20(26)24-25-21(27)18(32-22(25)31)10-13-11-23-15-7-5-4-6-14(13)15/h4-11,27H,1-3H3,(H,24,26)/b13-10-. The van der Waals surface area contributed by atoms with Crippen molar-refractivity contribution < 1.29 is 24.1 Å². The molecule has 164 valence electrons. The van der Waals surface area contributed by atoms with Gasteiger partial charge in [0.05, 0.1) is 31.9 Å². The highest BCUT2D eigenvalue weighted by Crippen LogP contribution is 2.39. The Labute approximate surface area is 193 Å². The fraction of sp³-hybridized carbons (Fsp3) is 0.136. The number of aromatic hydroxyl groups is 1. The monoisotopic (exact) mass is 469 g/mol. The van der Waals surface area contributed by atoms with Crippen LogP contribution in [0, 0.1) is 3.95 Å². The number of benzene rings is 2. The maximum Gasteiger partial charge on any atom is 0.270 e. The number of allylic oxidation sites excluding steroid dienone is 1. The van der Waals surface area contributed by atoms with Gasteiger partial charge in [-0.3, -0.25) is 15.2 Å². The van der Waals surface area contributed by atoms with E-state index >= 15 is 0 Å². The number of nitrogens with one attached hydrogen (secondary N) is 1. The Morgan fingerprint density at radius 1 is 1.16 bits per heavy atom. The van der Waals surface area contributed by atoms with Crippen LogP contribution in [0.5, 0.6) is 23.1 Å². The van der Waals surface area contributed by atoms with Gasteiger partial charge in [-0.15, -0.1) is 0 Å². The van der Waals surface area contributed by atoms with Gasteiger partial charge in [0, 0.05) is 22.9 Å². The summed E-state index contributed by atoms with van der Waals surface area (Å²) in [7, 11) is 4.40. The zero-order valence-electron chi connectivity index (χ0n) is 17.4. The topological polar surface area (TPSA) is 94.3 Å². The molecule has 0 radical (unpaired) electrons. The Balaban J connectivity index is 1.65. The van der Waals surface area contributed by atoms with Crippen LogP contribution in [0.3, 0.4) is 0 Å². The van der Waals surface area contributed by atoms with E-state index in [9.17, 15) is 9.90 Å². The second kappa shape index (κ2) is 8.85. The number of methoxy groups -OCH3 is 3. The van der Waals surface area contributed by atoms with E-state index in [4.69, 9.17) is 26.4 Å². The van der Waals surface area contributed by atoms with Crippen molar-refractivity contribution in [1.82, 2.24) is 4.68 Å². The molecule has 1 aliphatic heterocycles. The summed E-state index contributed by atoms with van der Waals surface area (Å²) in [6, 6.07) is 10.7. The molecular formula is C22H19N3O5S2. The summed E-state index contributed by atoms with van der Waals surface area (Å²) < 4.78 is 17.3. The van der Waals surface area contributed by atoms with Gasteiger partial charge in [0.15, 0.2) is 15.5 Å². The number of carbonyl (C=O) groups is 1. The van der Waals surface area contributed by atoms with Gasteiger partial charge in [0.1, 0.15) is 0 Å². The first-order chi connectivity index (χ1) is 15.5. The molecule has 1 aromatic heterocycles. The predicted octanol–water partition coefficient (Wildman–Crippen LogP) is 4.65. The van der Waals surface area contributed by atoms with Gasteiger partial charge >= 0.3 is 0 Å². The number of nitrogens with zero attached hydrogens (tertiary/aromatic N) is 2. The number of ether oxygens (including phenoxy) is 3. The predicted molar refractivity (Wildman–Crippen MR) is 127 cm³/mol. The molecule has 0 aliphatic carbocycles. The number of amides is 1. The fourth-order valence-electron chi connectivity index (χ4n) is 3.25. The quantitative estimate of drug-likeness (QED) is 0.511. The highest BCUT2D eigenvalue weighted by molar-refractivity contribution is 7.73. The maximum absolute atomic E-state index is 12.9. The van der Waals surface area contributed by atoms with Gasteiger partial charge in [-0.1, -0.05) is 29.5 Å². The van der Waals surface area contributed by atoms with Crippen molar-refractivity contribution in [3.05, 3.63) is 56.4 Å². The molecule has 0 fully saturated rings. The van der Waals surface area contributed by atoms with Crippen LogP contribution in [0.25, 0.3) is 11.6 Å². The van der Waals surface area contributed by atoms with E-state index in [0.717, 1.165) is 21.5 Å². The molecule has 4 rings (SSSR count). The number of hydrogen-bond acceptors (Lipinski definition) is 8. The largest absolute Gasteiger partial charge is 0.493 e. The van der Waals surface area contributed by atoms with Crippen LogP contribution in [0.15, 0.2) is 41.4 Å².